The molecule has 0 aliphatic rings. The van der Waals surface area contributed by atoms with Gasteiger partial charge < -0.3 is 9.40 Å². The van der Waals surface area contributed by atoms with E-state index in [9.17, 15) is 10.1 Å². The number of allylic oxidation sites excluding steroid dienone is 1. The number of aromatic amines is 1. The van der Waals surface area contributed by atoms with Crippen molar-refractivity contribution in [2.45, 2.75) is 6.92 Å². The van der Waals surface area contributed by atoms with Crippen LogP contribution in [0.2, 0.25) is 5.02 Å². The summed E-state index contributed by atoms with van der Waals surface area (Å²) < 4.78 is 5.41. The summed E-state index contributed by atoms with van der Waals surface area (Å²) in [4.78, 5) is 19.0. The number of aromatic nitrogens is 2. The average molecular weight is 312 g/mol. The van der Waals surface area contributed by atoms with Gasteiger partial charge in [0, 0.05) is 11.1 Å². The number of benzene rings is 1. The molecular weight excluding hydrogens is 302 g/mol. The minimum absolute atomic E-state index is 0.177. The first kappa shape index (κ1) is 14.1. The summed E-state index contributed by atoms with van der Waals surface area (Å²) >= 11 is 5.92. The van der Waals surface area contributed by atoms with E-state index in [1.165, 1.54) is 6.08 Å². The van der Waals surface area contributed by atoms with Gasteiger partial charge in [0.25, 0.3) is 5.56 Å². The molecule has 2 aromatic heterocycles. The highest BCUT2D eigenvalue weighted by molar-refractivity contribution is 6.31. The fourth-order valence-corrected chi connectivity index (χ4v) is 2.23. The standard InChI is InChI=1S/C16H10ClN3O2/c1-9-2-4-12(22-9)6-10(8-18)15-19-14-7-11(17)3-5-13(14)16(21)20-15/h2-7H,1H3,(H,19,20,21). The molecule has 0 fully saturated rings. The van der Waals surface area contributed by atoms with Crippen molar-refractivity contribution >= 4 is 34.2 Å². The maximum atomic E-state index is 12.1. The maximum absolute atomic E-state index is 12.1. The van der Waals surface area contributed by atoms with Crippen molar-refractivity contribution in [2.24, 2.45) is 0 Å². The van der Waals surface area contributed by atoms with Crippen LogP contribution < -0.4 is 5.56 Å². The van der Waals surface area contributed by atoms with Gasteiger partial charge in [-0.25, -0.2) is 4.98 Å². The molecule has 0 unspecified atom stereocenters. The lowest BCUT2D eigenvalue weighted by Gasteiger charge is -2.02. The molecule has 1 N–H and O–H groups in total. The van der Waals surface area contributed by atoms with Crippen molar-refractivity contribution < 1.29 is 4.42 Å². The smallest absolute Gasteiger partial charge is 0.259 e. The molecule has 0 atom stereocenters. The second-order valence-corrected chi connectivity index (χ2v) is 5.13. The molecule has 0 saturated heterocycles. The van der Waals surface area contributed by atoms with Crippen LogP contribution >= 0.6 is 11.6 Å². The average Bonchev–Trinajstić information content (AvgIpc) is 2.89. The summed E-state index contributed by atoms with van der Waals surface area (Å²) in [6.07, 6.45) is 1.53. The molecule has 0 saturated carbocycles. The number of nitrogens with zero attached hydrogens (tertiary/aromatic N) is 2. The Bertz CT molecular complexity index is 993. The first-order valence-corrected chi connectivity index (χ1v) is 6.83. The fraction of sp³-hybridized carbons (Fsp3) is 0.0625. The van der Waals surface area contributed by atoms with E-state index in [2.05, 4.69) is 9.97 Å². The zero-order valence-corrected chi connectivity index (χ0v) is 12.3. The van der Waals surface area contributed by atoms with E-state index < -0.39 is 0 Å². The van der Waals surface area contributed by atoms with E-state index in [4.69, 9.17) is 16.0 Å². The van der Waals surface area contributed by atoms with Gasteiger partial charge in [-0.2, -0.15) is 5.26 Å². The molecule has 108 valence electrons. The molecular formula is C16H10ClN3O2. The summed E-state index contributed by atoms with van der Waals surface area (Å²) in [5.41, 5.74) is 0.310. The zero-order chi connectivity index (χ0) is 15.7. The minimum Gasteiger partial charge on any atom is -0.462 e. The van der Waals surface area contributed by atoms with Gasteiger partial charge in [0.15, 0.2) is 5.82 Å². The Balaban J connectivity index is 2.18. The van der Waals surface area contributed by atoms with Crippen LogP contribution in [0.25, 0.3) is 22.6 Å². The molecule has 22 heavy (non-hydrogen) atoms. The summed E-state index contributed by atoms with van der Waals surface area (Å²) in [6.45, 7) is 1.81. The van der Waals surface area contributed by atoms with Crippen molar-refractivity contribution in [2.75, 3.05) is 0 Å². The van der Waals surface area contributed by atoms with Gasteiger partial charge in [-0.1, -0.05) is 11.6 Å². The van der Waals surface area contributed by atoms with Gasteiger partial charge in [-0.05, 0) is 37.3 Å². The van der Waals surface area contributed by atoms with Gasteiger partial charge in [0.05, 0.1) is 16.5 Å². The van der Waals surface area contributed by atoms with Crippen molar-refractivity contribution in [3.8, 4) is 6.07 Å². The summed E-state index contributed by atoms with van der Waals surface area (Å²) in [5.74, 6) is 1.43. The van der Waals surface area contributed by atoms with Crippen molar-refractivity contribution in [3.63, 3.8) is 0 Å². The summed E-state index contributed by atoms with van der Waals surface area (Å²) in [5, 5.41) is 10.2. The number of halogens is 1. The molecule has 6 heteroatoms. The molecule has 3 aromatic rings. The Morgan fingerprint density at radius 2 is 2.23 bits per heavy atom. The number of hydrogen-bond acceptors (Lipinski definition) is 4. The van der Waals surface area contributed by atoms with Gasteiger partial charge >= 0.3 is 0 Å². The highest BCUT2D eigenvalue weighted by Gasteiger charge is 2.09. The van der Waals surface area contributed by atoms with Crippen LogP contribution in [0.15, 0.2) is 39.5 Å². The number of H-pyrrole nitrogens is 1. The van der Waals surface area contributed by atoms with Crippen LogP contribution in [0.5, 0.6) is 0 Å². The Labute approximate surface area is 130 Å². The quantitative estimate of drug-likeness (QED) is 0.734. The summed E-state index contributed by atoms with van der Waals surface area (Å²) in [7, 11) is 0. The second-order valence-electron chi connectivity index (χ2n) is 4.69. The lowest BCUT2D eigenvalue weighted by Crippen LogP contribution is -2.11. The molecule has 5 nitrogen and oxygen atoms in total. The Morgan fingerprint density at radius 3 is 2.91 bits per heavy atom. The molecule has 0 amide bonds. The number of fused-ring (bicyclic) bond motifs is 1. The summed E-state index contributed by atoms with van der Waals surface area (Å²) in [6, 6.07) is 10.3. The number of hydrogen-bond donors (Lipinski definition) is 1. The van der Waals surface area contributed by atoms with Gasteiger partial charge in [-0.15, -0.1) is 0 Å². The van der Waals surface area contributed by atoms with Gasteiger partial charge in [0.2, 0.25) is 0 Å². The lowest BCUT2D eigenvalue weighted by molar-refractivity contribution is 0.525. The number of nitrogens with one attached hydrogen (secondary N) is 1. The van der Waals surface area contributed by atoms with E-state index in [1.54, 1.807) is 30.3 Å². The molecule has 3 rings (SSSR count). The fourth-order valence-electron chi connectivity index (χ4n) is 2.07. The van der Waals surface area contributed by atoms with Crippen molar-refractivity contribution in [1.29, 1.82) is 5.26 Å². The molecule has 0 aliphatic heterocycles. The van der Waals surface area contributed by atoms with E-state index in [-0.39, 0.29) is 17.0 Å². The maximum Gasteiger partial charge on any atom is 0.259 e. The van der Waals surface area contributed by atoms with Gasteiger partial charge in [-0.3, -0.25) is 4.79 Å². The van der Waals surface area contributed by atoms with E-state index in [0.29, 0.717) is 21.7 Å². The van der Waals surface area contributed by atoms with Crippen LogP contribution in [0.1, 0.15) is 17.3 Å². The minimum atomic E-state index is -0.326. The van der Waals surface area contributed by atoms with E-state index >= 15 is 0 Å². The highest BCUT2D eigenvalue weighted by Crippen LogP contribution is 2.19. The normalized spacial score (nSPS) is 11.6. The second kappa shape index (κ2) is 5.51. The number of rotatable bonds is 2. The van der Waals surface area contributed by atoms with E-state index in [0.717, 1.165) is 5.76 Å². The van der Waals surface area contributed by atoms with Crippen LogP contribution in [0.3, 0.4) is 0 Å². The SMILES string of the molecule is Cc1ccc(C=C(C#N)c2nc3cc(Cl)ccc3c(=O)[nH]2)o1. The predicted octanol–water partition coefficient (Wildman–Crippen LogP) is 3.54. The lowest BCUT2D eigenvalue weighted by atomic mass is 10.2. The van der Waals surface area contributed by atoms with Crippen LogP contribution in [-0.2, 0) is 0 Å². The zero-order valence-electron chi connectivity index (χ0n) is 11.6. The van der Waals surface area contributed by atoms with Gasteiger partial charge in [0.1, 0.15) is 17.6 Å². The Morgan fingerprint density at radius 1 is 1.41 bits per heavy atom. The van der Waals surface area contributed by atoms with Crippen LogP contribution in [0.4, 0.5) is 0 Å². The van der Waals surface area contributed by atoms with Crippen LogP contribution in [-0.4, -0.2) is 9.97 Å². The van der Waals surface area contributed by atoms with Crippen molar-refractivity contribution in [1.82, 2.24) is 9.97 Å². The monoisotopic (exact) mass is 311 g/mol. The molecule has 2 heterocycles. The topological polar surface area (TPSA) is 82.7 Å². The molecule has 0 radical (unpaired) electrons. The molecule has 0 spiro atoms. The highest BCUT2D eigenvalue weighted by atomic mass is 35.5. The third kappa shape index (κ3) is 2.65. The number of nitriles is 1. The molecule has 0 bridgehead atoms. The molecule has 1 aromatic carbocycles. The first-order valence-electron chi connectivity index (χ1n) is 6.45. The number of furan rings is 1. The van der Waals surface area contributed by atoms with Crippen LogP contribution in [0, 0.1) is 18.3 Å². The van der Waals surface area contributed by atoms with E-state index in [1.807, 2.05) is 13.0 Å². The van der Waals surface area contributed by atoms with Crippen molar-refractivity contribution in [3.05, 3.63) is 63.1 Å². The first-order chi connectivity index (χ1) is 10.6. The third-order valence-electron chi connectivity index (χ3n) is 3.09. The largest absolute Gasteiger partial charge is 0.462 e. The predicted molar refractivity (Wildman–Crippen MR) is 84.3 cm³/mol. The number of aryl methyl sites for hydroxylation is 1. The Hall–Kier alpha value is -2.84. The molecule has 0 aliphatic carbocycles. The Kier molecular flexibility index (Phi) is 3.53. The third-order valence-corrected chi connectivity index (χ3v) is 3.33.